The van der Waals surface area contributed by atoms with E-state index in [1.54, 1.807) is 25.7 Å². The highest BCUT2D eigenvalue weighted by Crippen LogP contribution is 2.39. The van der Waals surface area contributed by atoms with Gasteiger partial charge in [-0.15, -0.1) is 0 Å². The average Bonchev–Trinajstić information content (AvgIpc) is 2.63. The molecule has 0 unspecified atom stereocenters. The van der Waals surface area contributed by atoms with Gasteiger partial charge in [-0.2, -0.15) is 0 Å². The van der Waals surface area contributed by atoms with Gasteiger partial charge in [-0.3, -0.25) is 0 Å². The fourth-order valence-electron chi connectivity index (χ4n) is 4.44. The molecule has 0 heterocycles. The molecule has 0 nitrogen and oxygen atoms in total. The molecular weight excluding hydrogens is 300 g/mol. The van der Waals surface area contributed by atoms with Crippen molar-refractivity contribution >= 4 is 0 Å². The summed E-state index contributed by atoms with van der Waals surface area (Å²) in [6.07, 6.45) is 12.4. The van der Waals surface area contributed by atoms with Crippen LogP contribution in [0.5, 0.6) is 0 Å². The monoisotopic (exact) mass is 336 g/mol. The zero-order chi connectivity index (χ0) is 17.9. The molecule has 0 aromatic heterocycles. The largest absolute Gasteiger partial charge is 0.0623 e. The molecule has 0 bridgehead atoms. The topological polar surface area (TPSA) is 0 Å². The second-order valence-electron chi connectivity index (χ2n) is 7.91. The summed E-state index contributed by atoms with van der Waals surface area (Å²) in [6.45, 7) is 6.38. The van der Waals surface area contributed by atoms with E-state index in [4.69, 9.17) is 0 Å². The van der Waals surface area contributed by atoms with E-state index < -0.39 is 0 Å². The number of rotatable bonds is 0. The van der Waals surface area contributed by atoms with Gasteiger partial charge in [0.05, 0.1) is 0 Å². The number of hydrogen-bond acceptors (Lipinski definition) is 0. The van der Waals surface area contributed by atoms with Gasteiger partial charge in [0.25, 0.3) is 0 Å². The lowest BCUT2D eigenvalue weighted by Crippen LogP contribution is -2.22. The van der Waals surface area contributed by atoms with Crippen molar-refractivity contribution in [2.24, 2.45) is 11.8 Å². The maximum atomic E-state index is 2.19. The Balaban J connectivity index is 0.000000140. The fourth-order valence-corrected chi connectivity index (χ4v) is 4.44. The van der Waals surface area contributed by atoms with Gasteiger partial charge < -0.3 is 0 Å². The van der Waals surface area contributed by atoms with Gasteiger partial charge in [-0.05, 0) is 32.6 Å². The highest BCUT2D eigenvalue weighted by molar-refractivity contribution is 5.27. The number of hydrogen-bond donors (Lipinski definition) is 0. The van der Waals surface area contributed by atoms with Crippen LogP contribution < -0.4 is 0 Å². The predicted molar refractivity (Wildman–Crippen MR) is 111 cm³/mol. The molecule has 0 N–H and O–H groups in total. The Kier molecular flexibility index (Phi) is 8.80. The smallest absolute Gasteiger partial charge is 0.0386 e. The second-order valence-corrected chi connectivity index (χ2v) is 7.91. The Morgan fingerprint density at radius 1 is 0.480 bits per heavy atom. The lowest BCUT2D eigenvalue weighted by molar-refractivity contribution is 0.171. The molecule has 2 aliphatic carbocycles. The van der Waals surface area contributed by atoms with Crippen molar-refractivity contribution in [2.45, 2.75) is 72.1 Å². The molecule has 0 radical (unpaired) electrons. The average molecular weight is 337 g/mol. The summed E-state index contributed by atoms with van der Waals surface area (Å²) in [5, 5.41) is 0. The second kappa shape index (κ2) is 11.1. The fraction of sp³-hybridized carbons (Fsp3) is 0.520. The Labute approximate surface area is 155 Å². The Bertz CT molecular complexity index is 481. The SMILES string of the molecule is C1CCC2CCCCC2C1.Cc1cc(C)cc(C)c1.c1ccccc1. The molecule has 4 rings (SSSR count). The van der Waals surface area contributed by atoms with Crippen LogP contribution in [0, 0.1) is 32.6 Å². The van der Waals surface area contributed by atoms with E-state index in [1.807, 2.05) is 36.4 Å². The van der Waals surface area contributed by atoms with Crippen LogP contribution in [0.4, 0.5) is 0 Å². The van der Waals surface area contributed by atoms with Gasteiger partial charge in [-0.25, -0.2) is 0 Å². The minimum atomic E-state index is 1.16. The predicted octanol–water partition coefficient (Wildman–Crippen LogP) is 7.67. The highest BCUT2D eigenvalue weighted by atomic mass is 14.3. The van der Waals surface area contributed by atoms with E-state index in [1.165, 1.54) is 42.4 Å². The molecule has 0 atom stereocenters. The van der Waals surface area contributed by atoms with Crippen molar-refractivity contribution in [1.82, 2.24) is 0 Å². The molecule has 0 saturated heterocycles. The van der Waals surface area contributed by atoms with Gasteiger partial charge in [0.2, 0.25) is 0 Å². The number of aryl methyl sites for hydroxylation is 3. The Morgan fingerprint density at radius 3 is 0.960 bits per heavy atom. The minimum Gasteiger partial charge on any atom is -0.0623 e. The van der Waals surface area contributed by atoms with Crippen molar-refractivity contribution in [3.63, 3.8) is 0 Å². The van der Waals surface area contributed by atoms with Crippen LogP contribution in [0.15, 0.2) is 54.6 Å². The van der Waals surface area contributed by atoms with E-state index >= 15 is 0 Å². The third kappa shape index (κ3) is 7.90. The molecule has 2 aromatic rings. The minimum absolute atomic E-state index is 1.16. The summed E-state index contributed by atoms with van der Waals surface area (Å²) in [5.41, 5.74) is 4.06. The third-order valence-electron chi connectivity index (χ3n) is 5.50. The van der Waals surface area contributed by atoms with Crippen molar-refractivity contribution in [1.29, 1.82) is 0 Å². The lowest BCUT2D eigenvalue weighted by Gasteiger charge is -2.35. The third-order valence-corrected chi connectivity index (χ3v) is 5.50. The first-order valence-corrected chi connectivity index (χ1v) is 10.2. The molecular formula is C25H36. The van der Waals surface area contributed by atoms with Crippen LogP contribution in [0.1, 0.15) is 68.1 Å². The van der Waals surface area contributed by atoms with Crippen LogP contribution >= 0.6 is 0 Å². The molecule has 25 heavy (non-hydrogen) atoms. The normalized spacial score (nSPS) is 21.7. The van der Waals surface area contributed by atoms with Crippen molar-refractivity contribution in [2.75, 3.05) is 0 Å². The summed E-state index contributed by atoms with van der Waals surface area (Å²) in [4.78, 5) is 0. The molecule has 0 aliphatic heterocycles. The molecule has 2 aromatic carbocycles. The zero-order valence-electron chi connectivity index (χ0n) is 16.5. The van der Waals surface area contributed by atoms with Gasteiger partial charge in [0.15, 0.2) is 0 Å². The van der Waals surface area contributed by atoms with Crippen LogP contribution in [0.2, 0.25) is 0 Å². The number of benzene rings is 2. The van der Waals surface area contributed by atoms with Gasteiger partial charge in [-0.1, -0.05) is 123 Å². The maximum Gasteiger partial charge on any atom is -0.0386 e. The summed E-state index contributed by atoms with van der Waals surface area (Å²) in [6, 6.07) is 18.6. The van der Waals surface area contributed by atoms with Crippen molar-refractivity contribution < 1.29 is 0 Å². The first-order chi connectivity index (χ1) is 12.1. The van der Waals surface area contributed by atoms with E-state index in [-0.39, 0.29) is 0 Å². The summed E-state index contributed by atoms with van der Waals surface area (Å²) < 4.78 is 0. The first kappa shape index (κ1) is 19.8. The van der Waals surface area contributed by atoms with Crippen LogP contribution in [0.3, 0.4) is 0 Å². The highest BCUT2D eigenvalue weighted by Gasteiger charge is 2.26. The zero-order valence-corrected chi connectivity index (χ0v) is 16.5. The van der Waals surface area contributed by atoms with Gasteiger partial charge in [0, 0.05) is 0 Å². The van der Waals surface area contributed by atoms with Crippen LogP contribution in [-0.4, -0.2) is 0 Å². The summed E-state index contributed by atoms with van der Waals surface area (Å²) in [5.74, 6) is 2.31. The molecule has 136 valence electrons. The Morgan fingerprint density at radius 2 is 0.720 bits per heavy atom. The van der Waals surface area contributed by atoms with E-state index in [2.05, 4.69) is 39.0 Å². The molecule has 2 saturated carbocycles. The molecule has 0 spiro atoms. The van der Waals surface area contributed by atoms with E-state index in [9.17, 15) is 0 Å². The van der Waals surface area contributed by atoms with Crippen molar-refractivity contribution in [3.05, 3.63) is 71.3 Å². The van der Waals surface area contributed by atoms with E-state index in [0.717, 1.165) is 11.8 Å². The quantitative estimate of drug-likeness (QED) is 0.463. The molecule has 0 amide bonds. The first-order valence-electron chi connectivity index (χ1n) is 10.2. The lowest BCUT2D eigenvalue weighted by atomic mass is 9.71. The van der Waals surface area contributed by atoms with Crippen LogP contribution in [-0.2, 0) is 0 Å². The van der Waals surface area contributed by atoms with E-state index in [0.29, 0.717) is 0 Å². The van der Waals surface area contributed by atoms with Crippen LogP contribution in [0.25, 0.3) is 0 Å². The van der Waals surface area contributed by atoms with Crippen molar-refractivity contribution in [3.8, 4) is 0 Å². The maximum absolute atomic E-state index is 2.19. The Hall–Kier alpha value is -1.56. The standard InChI is InChI=1S/C10H18.C9H12.C6H6/c1-2-6-10-8-4-3-7-9(10)5-1;1-7-4-8(2)6-9(3)5-7;1-2-4-6-5-3-1/h9-10H,1-8H2;4-6H,1-3H3;1-6H. The number of fused-ring (bicyclic) bond motifs is 1. The van der Waals surface area contributed by atoms with Gasteiger partial charge >= 0.3 is 0 Å². The molecule has 0 heteroatoms. The molecule has 2 aliphatic rings. The van der Waals surface area contributed by atoms with Gasteiger partial charge in [0.1, 0.15) is 0 Å². The summed E-state index contributed by atoms with van der Waals surface area (Å²) in [7, 11) is 0. The summed E-state index contributed by atoms with van der Waals surface area (Å²) >= 11 is 0. The molecule has 2 fully saturated rings.